The fraction of sp³-hybridized carbons (Fsp3) is 0.474. The number of methoxy groups -OCH3 is 1. The van der Waals surface area contributed by atoms with E-state index in [1.165, 1.54) is 0 Å². The normalized spacial score (nSPS) is 18.8. The highest BCUT2D eigenvalue weighted by molar-refractivity contribution is 5.95. The zero-order valence-electron chi connectivity index (χ0n) is 15.9. The molecule has 1 aromatic carbocycles. The van der Waals surface area contributed by atoms with Crippen LogP contribution in [0, 0.1) is 12.8 Å². The summed E-state index contributed by atoms with van der Waals surface area (Å²) in [5.74, 6) is 0.628. The molecule has 8 heteroatoms. The topological polar surface area (TPSA) is 77.4 Å². The molecule has 1 aliphatic heterocycles. The van der Waals surface area contributed by atoms with Crippen molar-refractivity contribution in [2.45, 2.75) is 12.8 Å². The van der Waals surface area contributed by atoms with Gasteiger partial charge in [0.15, 0.2) is 0 Å². The number of rotatable bonds is 7. The maximum atomic E-state index is 12.9. The van der Waals surface area contributed by atoms with Crippen molar-refractivity contribution in [3.63, 3.8) is 0 Å². The molecule has 2 aromatic rings. The third kappa shape index (κ3) is 5.22. The SMILES string of the molecule is COCCOc1cc(C)ccc1NC(=O)[C@H]1CNC[C@@H]1c1cnn(C)c1.Cl. The molecule has 0 unspecified atom stereocenters. The monoisotopic (exact) mass is 394 g/mol. The minimum absolute atomic E-state index is 0. The van der Waals surface area contributed by atoms with E-state index in [2.05, 4.69) is 15.7 Å². The minimum Gasteiger partial charge on any atom is -0.489 e. The summed E-state index contributed by atoms with van der Waals surface area (Å²) in [7, 11) is 3.52. The Kier molecular flexibility index (Phi) is 7.65. The van der Waals surface area contributed by atoms with Crippen molar-refractivity contribution < 1.29 is 14.3 Å². The van der Waals surface area contributed by atoms with Gasteiger partial charge in [0.1, 0.15) is 12.4 Å². The first kappa shape index (κ1) is 21.2. The number of hydrogen-bond acceptors (Lipinski definition) is 5. The van der Waals surface area contributed by atoms with Crippen molar-refractivity contribution in [3.05, 3.63) is 41.7 Å². The van der Waals surface area contributed by atoms with Gasteiger partial charge in [-0.15, -0.1) is 12.4 Å². The van der Waals surface area contributed by atoms with Gasteiger partial charge >= 0.3 is 0 Å². The first-order chi connectivity index (χ1) is 12.6. The first-order valence-electron chi connectivity index (χ1n) is 8.81. The van der Waals surface area contributed by atoms with Gasteiger partial charge in [-0.2, -0.15) is 5.10 Å². The lowest BCUT2D eigenvalue weighted by Crippen LogP contribution is -2.28. The Hall–Kier alpha value is -2.09. The Labute approximate surface area is 165 Å². The van der Waals surface area contributed by atoms with Crippen LogP contribution in [0.1, 0.15) is 17.0 Å². The Bertz CT molecular complexity index is 765. The molecule has 1 amide bonds. The van der Waals surface area contributed by atoms with Gasteiger partial charge in [0.2, 0.25) is 5.91 Å². The number of nitrogens with zero attached hydrogens (tertiary/aromatic N) is 2. The molecule has 0 bridgehead atoms. The summed E-state index contributed by atoms with van der Waals surface area (Å²) in [5.41, 5.74) is 2.85. The number of ether oxygens (including phenoxy) is 2. The van der Waals surface area contributed by atoms with E-state index in [0.29, 0.717) is 31.2 Å². The van der Waals surface area contributed by atoms with Crippen LogP contribution in [-0.2, 0) is 16.6 Å². The highest BCUT2D eigenvalue weighted by Gasteiger charge is 2.35. The molecule has 2 N–H and O–H groups in total. The van der Waals surface area contributed by atoms with Crippen LogP contribution in [0.2, 0.25) is 0 Å². The van der Waals surface area contributed by atoms with E-state index in [0.717, 1.165) is 17.7 Å². The van der Waals surface area contributed by atoms with Gasteiger partial charge < -0.3 is 20.1 Å². The second-order valence-electron chi connectivity index (χ2n) is 6.65. The first-order valence-corrected chi connectivity index (χ1v) is 8.81. The van der Waals surface area contributed by atoms with Crippen LogP contribution in [0.25, 0.3) is 0 Å². The van der Waals surface area contributed by atoms with E-state index in [1.54, 1.807) is 11.8 Å². The van der Waals surface area contributed by atoms with Gasteiger partial charge in [-0.1, -0.05) is 6.07 Å². The fourth-order valence-corrected chi connectivity index (χ4v) is 3.25. The third-order valence-corrected chi connectivity index (χ3v) is 4.64. The van der Waals surface area contributed by atoms with E-state index < -0.39 is 0 Å². The van der Waals surface area contributed by atoms with Crippen LogP contribution in [0.5, 0.6) is 5.75 Å². The van der Waals surface area contributed by atoms with E-state index in [4.69, 9.17) is 9.47 Å². The van der Waals surface area contributed by atoms with E-state index in [9.17, 15) is 4.79 Å². The number of hydrogen-bond donors (Lipinski definition) is 2. The molecule has 27 heavy (non-hydrogen) atoms. The summed E-state index contributed by atoms with van der Waals surface area (Å²) in [6.07, 6.45) is 3.81. The second-order valence-corrected chi connectivity index (χ2v) is 6.65. The lowest BCUT2D eigenvalue weighted by Gasteiger charge is -2.19. The number of carbonyl (C=O) groups is 1. The average molecular weight is 395 g/mol. The minimum atomic E-state index is -0.146. The number of aryl methyl sites for hydroxylation is 2. The lowest BCUT2D eigenvalue weighted by atomic mass is 9.90. The molecule has 1 saturated heterocycles. The molecule has 1 aromatic heterocycles. The highest BCUT2D eigenvalue weighted by atomic mass is 35.5. The molecule has 1 aliphatic rings. The van der Waals surface area contributed by atoms with Crippen molar-refractivity contribution in [1.29, 1.82) is 0 Å². The van der Waals surface area contributed by atoms with Crippen molar-refractivity contribution >= 4 is 24.0 Å². The van der Waals surface area contributed by atoms with Crippen molar-refractivity contribution in [2.75, 3.05) is 38.7 Å². The van der Waals surface area contributed by atoms with Crippen LogP contribution in [0.3, 0.4) is 0 Å². The van der Waals surface area contributed by atoms with Gasteiger partial charge in [0.25, 0.3) is 0 Å². The molecule has 1 fully saturated rings. The molecular formula is C19H27ClN4O3. The number of aromatic nitrogens is 2. The van der Waals surface area contributed by atoms with Crippen LogP contribution in [0.15, 0.2) is 30.6 Å². The van der Waals surface area contributed by atoms with Crippen LogP contribution in [-0.4, -0.2) is 49.1 Å². The lowest BCUT2D eigenvalue weighted by molar-refractivity contribution is -0.119. The van der Waals surface area contributed by atoms with Gasteiger partial charge in [0, 0.05) is 39.4 Å². The average Bonchev–Trinajstić information content (AvgIpc) is 3.26. The fourth-order valence-electron chi connectivity index (χ4n) is 3.25. The van der Waals surface area contributed by atoms with Crippen LogP contribution in [0.4, 0.5) is 5.69 Å². The van der Waals surface area contributed by atoms with Gasteiger partial charge in [0.05, 0.1) is 24.4 Å². The zero-order chi connectivity index (χ0) is 18.5. The van der Waals surface area contributed by atoms with Crippen LogP contribution >= 0.6 is 12.4 Å². The van der Waals surface area contributed by atoms with E-state index in [-0.39, 0.29) is 30.2 Å². The summed E-state index contributed by atoms with van der Waals surface area (Å²) in [4.78, 5) is 12.9. The van der Waals surface area contributed by atoms with E-state index in [1.807, 2.05) is 44.6 Å². The van der Waals surface area contributed by atoms with Crippen LogP contribution < -0.4 is 15.4 Å². The van der Waals surface area contributed by atoms with Gasteiger partial charge in [-0.3, -0.25) is 9.48 Å². The Morgan fingerprint density at radius 2 is 2.19 bits per heavy atom. The summed E-state index contributed by atoms with van der Waals surface area (Å²) < 4.78 is 12.6. The second kappa shape index (κ2) is 9.73. The molecular weight excluding hydrogens is 368 g/mol. The molecule has 0 saturated carbocycles. The largest absolute Gasteiger partial charge is 0.489 e. The summed E-state index contributed by atoms with van der Waals surface area (Å²) in [6.45, 7) is 4.35. The predicted molar refractivity (Wildman–Crippen MR) is 107 cm³/mol. The van der Waals surface area contributed by atoms with Gasteiger partial charge in [-0.05, 0) is 30.2 Å². The standard InChI is InChI=1S/C19H26N4O3.ClH/c1-13-4-5-17(18(8-13)26-7-6-25-3)22-19(24)16-11-20-10-15(16)14-9-21-23(2)12-14;/h4-5,8-9,12,15-16,20H,6-7,10-11H2,1-3H3,(H,22,24);1H/t15-,16+;/m1./s1. The molecule has 2 heterocycles. The molecule has 2 atom stereocenters. The molecule has 148 valence electrons. The molecule has 7 nitrogen and oxygen atoms in total. The van der Waals surface area contributed by atoms with E-state index >= 15 is 0 Å². The molecule has 0 radical (unpaired) electrons. The predicted octanol–water partition coefficient (Wildman–Crippen LogP) is 2.12. The summed E-state index contributed by atoms with van der Waals surface area (Å²) >= 11 is 0. The Morgan fingerprint density at radius 3 is 2.89 bits per heavy atom. The number of nitrogens with one attached hydrogen (secondary N) is 2. The van der Waals surface area contributed by atoms with Crippen molar-refractivity contribution in [3.8, 4) is 5.75 Å². The molecule has 0 aliphatic carbocycles. The summed E-state index contributed by atoms with van der Waals surface area (Å²) in [5, 5.41) is 10.6. The maximum absolute atomic E-state index is 12.9. The number of amides is 1. The van der Waals surface area contributed by atoms with Crippen molar-refractivity contribution in [2.24, 2.45) is 13.0 Å². The molecule has 0 spiro atoms. The summed E-state index contributed by atoms with van der Waals surface area (Å²) in [6, 6.07) is 5.78. The number of anilines is 1. The maximum Gasteiger partial charge on any atom is 0.229 e. The highest BCUT2D eigenvalue weighted by Crippen LogP contribution is 2.31. The quantitative estimate of drug-likeness (QED) is 0.703. The molecule has 3 rings (SSSR count). The Morgan fingerprint density at radius 1 is 1.37 bits per heavy atom. The van der Waals surface area contributed by atoms with Crippen molar-refractivity contribution in [1.82, 2.24) is 15.1 Å². The third-order valence-electron chi connectivity index (χ3n) is 4.64. The Balaban J connectivity index is 0.00000261. The number of benzene rings is 1. The number of carbonyl (C=O) groups excluding carboxylic acids is 1. The smallest absolute Gasteiger partial charge is 0.229 e. The number of halogens is 1. The van der Waals surface area contributed by atoms with Gasteiger partial charge in [-0.25, -0.2) is 0 Å². The zero-order valence-corrected chi connectivity index (χ0v) is 16.7.